The van der Waals surface area contributed by atoms with Gasteiger partial charge in [0.05, 0.1) is 0 Å². The lowest BCUT2D eigenvalue weighted by Gasteiger charge is -2.44. The van der Waals surface area contributed by atoms with E-state index in [0.29, 0.717) is 6.54 Å². The Hall–Kier alpha value is -2.40. The van der Waals surface area contributed by atoms with E-state index in [2.05, 4.69) is 36.2 Å². The van der Waals surface area contributed by atoms with Gasteiger partial charge in [-0.3, -0.25) is 9.69 Å². The van der Waals surface area contributed by atoms with Gasteiger partial charge in [-0.05, 0) is 68.1 Å². The Bertz CT molecular complexity index is 880. The molecule has 5 heteroatoms. The van der Waals surface area contributed by atoms with Crippen molar-refractivity contribution in [3.63, 3.8) is 0 Å². The van der Waals surface area contributed by atoms with Gasteiger partial charge in [0.15, 0.2) is 0 Å². The highest BCUT2D eigenvalue weighted by Crippen LogP contribution is 2.28. The van der Waals surface area contributed by atoms with Crippen LogP contribution in [0.5, 0.6) is 0 Å². The Balaban J connectivity index is 1.48. The Morgan fingerprint density at radius 1 is 1.14 bits per heavy atom. The number of halogens is 1. The standard InChI is InChI=1S/C23H28FN3O/c1-15-10-22-19(8-9-25-22)11-21(15)23(28)27-13-16(2)26(12-17(27)3)14-18-4-6-20(24)7-5-18/h4-7,10-11,16-17,25H,8-9,12-14H2,1-3H3/t16-,17+/m0/s1. The number of rotatable bonds is 3. The lowest BCUT2D eigenvalue weighted by atomic mass is 9.99. The predicted octanol–water partition coefficient (Wildman–Crippen LogP) is 3.84. The molecule has 0 aliphatic carbocycles. The predicted molar refractivity (Wildman–Crippen MR) is 110 cm³/mol. The molecule has 2 aliphatic heterocycles. The monoisotopic (exact) mass is 381 g/mol. The normalized spacial score (nSPS) is 22.1. The summed E-state index contributed by atoms with van der Waals surface area (Å²) < 4.78 is 13.2. The molecule has 0 radical (unpaired) electrons. The van der Waals surface area contributed by atoms with Gasteiger partial charge in [-0.1, -0.05) is 12.1 Å². The highest BCUT2D eigenvalue weighted by molar-refractivity contribution is 5.97. The summed E-state index contributed by atoms with van der Waals surface area (Å²) >= 11 is 0. The highest BCUT2D eigenvalue weighted by atomic mass is 19.1. The number of anilines is 1. The highest BCUT2D eigenvalue weighted by Gasteiger charge is 2.33. The maximum Gasteiger partial charge on any atom is 0.254 e. The summed E-state index contributed by atoms with van der Waals surface area (Å²) in [6.45, 7) is 9.54. The van der Waals surface area contributed by atoms with E-state index in [-0.39, 0.29) is 23.8 Å². The summed E-state index contributed by atoms with van der Waals surface area (Å²) in [5.41, 5.74) is 5.37. The zero-order chi connectivity index (χ0) is 19.8. The first-order valence-electron chi connectivity index (χ1n) is 10.1. The van der Waals surface area contributed by atoms with Crippen LogP contribution in [0.4, 0.5) is 10.1 Å². The van der Waals surface area contributed by atoms with Crippen LogP contribution < -0.4 is 5.32 Å². The number of carbonyl (C=O) groups is 1. The number of nitrogens with one attached hydrogen (secondary N) is 1. The first kappa shape index (κ1) is 18.9. The minimum atomic E-state index is -0.208. The van der Waals surface area contributed by atoms with E-state index in [0.717, 1.165) is 42.7 Å². The van der Waals surface area contributed by atoms with Crippen molar-refractivity contribution in [3.8, 4) is 0 Å². The van der Waals surface area contributed by atoms with Crippen molar-refractivity contribution in [2.45, 2.75) is 45.8 Å². The maximum atomic E-state index is 13.3. The third kappa shape index (κ3) is 3.63. The van der Waals surface area contributed by atoms with Gasteiger partial charge in [0, 0.05) is 49.5 Å². The first-order chi connectivity index (χ1) is 13.4. The van der Waals surface area contributed by atoms with Crippen molar-refractivity contribution < 1.29 is 9.18 Å². The SMILES string of the molecule is Cc1cc2c(cc1C(=O)N1C[C@H](C)N(Cc3ccc(F)cc3)C[C@H]1C)CCN2. The van der Waals surface area contributed by atoms with Gasteiger partial charge < -0.3 is 10.2 Å². The number of aryl methyl sites for hydroxylation is 1. The molecule has 1 N–H and O–H groups in total. The lowest BCUT2D eigenvalue weighted by molar-refractivity contribution is 0.0290. The minimum absolute atomic E-state index is 0.132. The van der Waals surface area contributed by atoms with Crippen molar-refractivity contribution in [2.75, 3.05) is 25.0 Å². The van der Waals surface area contributed by atoms with Gasteiger partial charge in [-0.15, -0.1) is 0 Å². The van der Waals surface area contributed by atoms with Crippen LogP contribution in [0.3, 0.4) is 0 Å². The largest absolute Gasteiger partial charge is 0.384 e. The number of piperazine rings is 1. The fourth-order valence-corrected chi connectivity index (χ4v) is 4.37. The fraction of sp³-hybridized carbons (Fsp3) is 0.435. The Morgan fingerprint density at radius 2 is 1.89 bits per heavy atom. The summed E-state index contributed by atoms with van der Waals surface area (Å²) in [5.74, 6) is -0.0755. The summed E-state index contributed by atoms with van der Waals surface area (Å²) in [5, 5.41) is 3.38. The van der Waals surface area contributed by atoms with Gasteiger partial charge in [0.1, 0.15) is 5.82 Å². The minimum Gasteiger partial charge on any atom is -0.384 e. The van der Waals surface area contributed by atoms with E-state index in [4.69, 9.17) is 0 Å². The topological polar surface area (TPSA) is 35.6 Å². The van der Waals surface area contributed by atoms with Gasteiger partial charge in [0.25, 0.3) is 5.91 Å². The van der Waals surface area contributed by atoms with Crippen molar-refractivity contribution in [1.29, 1.82) is 0 Å². The van der Waals surface area contributed by atoms with Gasteiger partial charge in [-0.2, -0.15) is 0 Å². The molecule has 1 amide bonds. The second kappa shape index (κ2) is 7.55. The molecule has 28 heavy (non-hydrogen) atoms. The van der Waals surface area contributed by atoms with E-state index in [9.17, 15) is 9.18 Å². The van der Waals surface area contributed by atoms with Crippen LogP contribution in [-0.4, -0.2) is 47.4 Å². The van der Waals surface area contributed by atoms with Crippen LogP contribution in [0.2, 0.25) is 0 Å². The fourth-order valence-electron chi connectivity index (χ4n) is 4.37. The number of benzene rings is 2. The Kier molecular flexibility index (Phi) is 5.11. The maximum absolute atomic E-state index is 13.3. The molecule has 1 saturated heterocycles. The smallest absolute Gasteiger partial charge is 0.254 e. The van der Waals surface area contributed by atoms with Crippen molar-refractivity contribution in [1.82, 2.24) is 9.80 Å². The first-order valence-corrected chi connectivity index (χ1v) is 10.1. The average molecular weight is 381 g/mol. The van der Waals surface area contributed by atoms with Crippen molar-refractivity contribution in [3.05, 3.63) is 64.5 Å². The molecule has 148 valence electrons. The molecule has 1 fully saturated rings. The molecule has 4 rings (SSSR count). The van der Waals surface area contributed by atoms with Gasteiger partial charge in [-0.25, -0.2) is 4.39 Å². The van der Waals surface area contributed by atoms with Crippen LogP contribution in [0, 0.1) is 12.7 Å². The third-order valence-electron chi connectivity index (χ3n) is 6.07. The quantitative estimate of drug-likeness (QED) is 0.878. The number of nitrogens with zero attached hydrogens (tertiary/aromatic N) is 2. The zero-order valence-electron chi connectivity index (χ0n) is 16.8. The molecule has 0 unspecified atom stereocenters. The van der Waals surface area contributed by atoms with E-state index in [1.54, 1.807) is 0 Å². The second-order valence-electron chi connectivity index (χ2n) is 8.21. The molecule has 0 saturated carbocycles. The summed E-state index contributed by atoms with van der Waals surface area (Å²) in [6, 6.07) is 11.3. The number of fused-ring (bicyclic) bond motifs is 1. The van der Waals surface area contributed by atoms with Crippen LogP contribution in [0.1, 0.15) is 40.9 Å². The van der Waals surface area contributed by atoms with E-state index >= 15 is 0 Å². The molecule has 2 aromatic carbocycles. The number of hydrogen-bond acceptors (Lipinski definition) is 3. The van der Waals surface area contributed by atoms with Crippen LogP contribution in [0.15, 0.2) is 36.4 Å². The average Bonchev–Trinajstić information content (AvgIpc) is 3.12. The van der Waals surface area contributed by atoms with E-state index < -0.39 is 0 Å². The molecule has 0 bridgehead atoms. The Morgan fingerprint density at radius 3 is 2.64 bits per heavy atom. The third-order valence-corrected chi connectivity index (χ3v) is 6.07. The van der Waals surface area contributed by atoms with E-state index in [1.807, 2.05) is 24.0 Å². The van der Waals surface area contributed by atoms with E-state index in [1.165, 1.54) is 23.4 Å². The lowest BCUT2D eigenvalue weighted by Crippen LogP contribution is -2.57. The van der Waals surface area contributed by atoms with Crippen molar-refractivity contribution >= 4 is 11.6 Å². The number of amides is 1. The molecule has 2 heterocycles. The summed E-state index contributed by atoms with van der Waals surface area (Å²) in [6.07, 6.45) is 0.979. The molecule has 2 atom stereocenters. The zero-order valence-corrected chi connectivity index (χ0v) is 16.8. The molecular weight excluding hydrogens is 353 g/mol. The van der Waals surface area contributed by atoms with Gasteiger partial charge in [0.2, 0.25) is 0 Å². The van der Waals surface area contributed by atoms with Gasteiger partial charge >= 0.3 is 0 Å². The number of hydrogen-bond donors (Lipinski definition) is 1. The number of carbonyl (C=O) groups excluding carboxylic acids is 1. The van der Waals surface area contributed by atoms with Crippen LogP contribution >= 0.6 is 0 Å². The second-order valence-corrected chi connectivity index (χ2v) is 8.21. The summed E-state index contributed by atoms with van der Waals surface area (Å²) in [4.78, 5) is 17.7. The Labute approximate surface area is 166 Å². The van der Waals surface area contributed by atoms with Crippen molar-refractivity contribution in [2.24, 2.45) is 0 Å². The molecular formula is C23H28FN3O. The van der Waals surface area contributed by atoms with Crippen LogP contribution in [-0.2, 0) is 13.0 Å². The molecule has 0 aromatic heterocycles. The molecule has 4 nitrogen and oxygen atoms in total. The molecule has 2 aromatic rings. The summed E-state index contributed by atoms with van der Waals surface area (Å²) in [7, 11) is 0. The van der Waals surface area contributed by atoms with Crippen LogP contribution in [0.25, 0.3) is 0 Å². The molecule has 0 spiro atoms. The molecule has 2 aliphatic rings.